The van der Waals surface area contributed by atoms with Gasteiger partial charge in [-0.1, -0.05) is 12.1 Å². The van der Waals surface area contributed by atoms with E-state index < -0.39 is 5.82 Å². The summed E-state index contributed by atoms with van der Waals surface area (Å²) in [5.41, 5.74) is 1.49. The van der Waals surface area contributed by atoms with Gasteiger partial charge >= 0.3 is 0 Å². The van der Waals surface area contributed by atoms with Gasteiger partial charge in [0.15, 0.2) is 0 Å². The molecule has 0 fully saturated rings. The molecule has 100 valence electrons. The average Bonchev–Trinajstić information content (AvgIpc) is 2.48. The molecule has 0 saturated carbocycles. The normalized spacial score (nSPS) is 9.65. The first kappa shape index (κ1) is 13.6. The Hall–Kier alpha value is -2.87. The van der Waals surface area contributed by atoms with Crippen LogP contribution in [0.2, 0.25) is 0 Å². The Balaban J connectivity index is 2.31. The lowest BCUT2D eigenvalue weighted by Crippen LogP contribution is -2.14. The zero-order valence-electron chi connectivity index (χ0n) is 10.8. The van der Waals surface area contributed by atoms with Gasteiger partial charge in [0.2, 0.25) is 0 Å². The molecule has 0 radical (unpaired) electrons. The highest BCUT2D eigenvalue weighted by molar-refractivity contribution is 6.08. The first-order chi connectivity index (χ1) is 9.65. The summed E-state index contributed by atoms with van der Waals surface area (Å²) in [5.74, 6) is -0.881. The molecule has 0 spiro atoms. The van der Waals surface area contributed by atoms with Gasteiger partial charge < -0.3 is 10.6 Å². The summed E-state index contributed by atoms with van der Waals surface area (Å²) in [5, 5.41) is 14.5. The van der Waals surface area contributed by atoms with E-state index in [1.807, 2.05) is 6.07 Å². The molecule has 0 aromatic heterocycles. The third kappa shape index (κ3) is 2.75. The van der Waals surface area contributed by atoms with Crippen LogP contribution in [-0.2, 0) is 0 Å². The van der Waals surface area contributed by atoms with E-state index in [4.69, 9.17) is 5.26 Å². The topological polar surface area (TPSA) is 64.9 Å². The molecule has 0 aliphatic rings. The molecule has 0 heterocycles. The van der Waals surface area contributed by atoms with Crippen molar-refractivity contribution < 1.29 is 9.18 Å². The van der Waals surface area contributed by atoms with Crippen LogP contribution in [0.3, 0.4) is 0 Å². The van der Waals surface area contributed by atoms with Crippen LogP contribution in [0.5, 0.6) is 0 Å². The highest BCUT2D eigenvalue weighted by atomic mass is 19.1. The lowest BCUT2D eigenvalue weighted by Gasteiger charge is -2.10. The number of benzene rings is 2. The largest absolute Gasteiger partial charge is 0.387 e. The molecule has 0 bridgehead atoms. The summed E-state index contributed by atoms with van der Waals surface area (Å²) in [6, 6.07) is 12.5. The number of rotatable bonds is 3. The molecule has 5 heteroatoms. The van der Waals surface area contributed by atoms with Crippen molar-refractivity contribution in [3.8, 4) is 6.07 Å². The van der Waals surface area contributed by atoms with Crippen LogP contribution in [0.15, 0.2) is 42.5 Å². The number of hydrogen-bond donors (Lipinski definition) is 2. The third-order valence-corrected chi connectivity index (χ3v) is 2.79. The van der Waals surface area contributed by atoms with Gasteiger partial charge in [-0.2, -0.15) is 5.26 Å². The van der Waals surface area contributed by atoms with Crippen LogP contribution in [0, 0.1) is 17.1 Å². The zero-order chi connectivity index (χ0) is 14.5. The maximum atomic E-state index is 13.0. The van der Waals surface area contributed by atoms with E-state index in [0.29, 0.717) is 11.3 Å². The van der Waals surface area contributed by atoms with Crippen molar-refractivity contribution >= 4 is 17.3 Å². The van der Waals surface area contributed by atoms with Gasteiger partial charge in [-0.05, 0) is 30.3 Å². The minimum absolute atomic E-state index is 0.0836. The number of carbonyl (C=O) groups excluding carboxylic acids is 1. The molecule has 2 N–H and O–H groups in total. The number of nitrogens with zero attached hydrogens (tertiary/aromatic N) is 1. The second-order valence-electron chi connectivity index (χ2n) is 4.05. The molecular formula is C15H12FN3O. The molecule has 0 unspecified atom stereocenters. The molecule has 2 rings (SSSR count). The smallest absolute Gasteiger partial charge is 0.257 e. The SMILES string of the molecule is CNc1ccccc1C(=O)Nc1ccc(F)cc1C#N. The van der Waals surface area contributed by atoms with E-state index in [1.54, 1.807) is 31.3 Å². The summed E-state index contributed by atoms with van der Waals surface area (Å²) in [6.45, 7) is 0. The summed E-state index contributed by atoms with van der Waals surface area (Å²) in [7, 11) is 1.71. The zero-order valence-corrected chi connectivity index (χ0v) is 10.8. The minimum Gasteiger partial charge on any atom is -0.387 e. The van der Waals surface area contributed by atoms with Gasteiger partial charge in [-0.3, -0.25) is 4.79 Å². The number of carbonyl (C=O) groups is 1. The second kappa shape index (κ2) is 5.85. The number of hydrogen-bond acceptors (Lipinski definition) is 3. The lowest BCUT2D eigenvalue weighted by atomic mass is 10.1. The van der Waals surface area contributed by atoms with Gasteiger partial charge in [0.1, 0.15) is 11.9 Å². The number of anilines is 2. The van der Waals surface area contributed by atoms with Gasteiger partial charge in [0.25, 0.3) is 5.91 Å². The van der Waals surface area contributed by atoms with Crippen molar-refractivity contribution in [3.63, 3.8) is 0 Å². The molecule has 0 saturated heterocycles. The fourth-order valence-electron chi connectivity index (χ4n) is 1.81. The molecular weight excluding hydrogens is 257 g/mol. The fourth-order valence-corrected chi connectivity index (χ4v) is 1.81. The van der Waals surface area contributed by atoms with Crippen LogP contribution in [0.4, 0.5) is 15.8 Å². The Morgan fingerprint density at radius 3 is 2.65 bits per heavy atom. The summed E-state index contributed by atoms with van der Waals surface area (Å²) < 4.78 is 13.0. The third-order valence-electron chi connectivity index (χ3n) is 2.79. The van der Waals surface area contributed by atoms with Gasteiger partial charge in [0, 0.05) is 12.7 Å². The number of halogens is 1. The predicted molar refractivity (Wildman–Crippen MR) is 75.1 cm³/mol. The van der Waals surface area contributed by atoms with E-state index in [1.165, 1.54) is 12.1 Å². The van der Waals surface area contributed by atoms with Crippen molar-refractivity contribution in [2.75, 3.05) is 17.7 Å². The molecule has 0 atom stereocenters. The summed E-state index contributed by atoms with van der Waals surface area (Å²) in [4.78, 5) is 12.2. The van der Waals surface area contributed by atoms with Gasteiger partial charge in [0.05, 0.1) is 16.8 Å². The van der Waals surface area contributed by atoms with E-state index in [0.717, 1.165) is 6.07 Å². The van der Waals surface area contributed by atoms with Crippen LogP contribution in [-0.4, -0.2) is 13.0 Å². The van der Waals surface area contributed by atoms with Crippen LogP contribution in [0.1, 0.15) is 15.9 Å². The Kier molecular flexibility index (Phi) is 3.96. The van der Waals surface area contributed by atoms with Crippen LogP contribution >= 0.6 is 0 Å². The molecule has 4 nitrogen and oxygen atoms in total. The van der Waals surface area contributed by atoms with Crippen molar-refractivity contribution in [3.05, 3.63) is 59.4 Å². The molecule has 0 aliphatic heterocycles. The second-order valence-corrected chi connectivity index (χ2v) is 4.05. The first-order valence-electron chi connectivity index (χ1n) is 5.93. The van der Waals surface area contributed by atoms with Crippen molar-refractivity contribution in [2.24, 2.45) is 0 Å². The van der Waals surface area contributed by atoms with Crippen LogP contribution < -0.4 is 10.6 Å². The van der Waals surface area contributed by atoms with E-state index in [-0.39, 0.29) is 17.2 Å². The standard InChI is InChI=1S/C15H12FN3O/c1-18-14-5-3-2-4-12(14)15(20)19-13-7-6-11(16)8-10(13)9-17/h2-8,18H,1H3,(H,19,20). The quantitative estimate of drug-likeness (QED) is 0.900. The number of para-hydroxylation sites is 1. The van der Waals surface area contributed by atoms with Crippen LogP contribution in [0.25, 0.3) is 0 Å². The Labute approximate surface area is 115 Å². The minimum atomic E-state index is -0.518. The number of amides is 1. The summed E-state index contributed by atoms with van der Waals surface area (Å²) >= 11 is 0. The monoisotopic (exact) mass is 269 g/mol. The van der Waals surface area contributed by atoms with Crippen molar-refractivity contribution in [1.82, 2.24) is 0 Å². The fraction of sp³-hybridized carbons (Fsp3) is 0.0667. The maximum absolute atomic E-state index is 13.0. The Bertz CT molecular complexity index is 692. The predicted octanol–water partition coefficient (Wildman–Crippen LogP) is 2.99. The number of nitriles is 1. The summed E-state index contributed by atoms with van der Waals surface area (Å²) in [6.07, 6.45) is 0. The molecule has 1 amide bonds. The van der Waals surface area contributed by atoms with Crippen molar-refractivity contribution in [1.29, 1.82) is 5.26 Å². The van der Waals surface area contributed by atoms with Gasteiger partial charge in [-0.15, -0.1) is 0 Å². The maximum Gasteiger partial charge on any atom is 0.257 e. The first-order valence-corrected chi connectivity index (χ1v) is 5.93. The Morgan fingerprint density at radius 1 is 1.20 bits per heavy atom. The highest BCUT2D eigenvalue weighted by Crippen LogP contribution is 2.20. The molecule has 2 aromatic carbocycles. The molecule has 2 aromatic rings. The Morgan fingerprint density at radius 2 is 1.95 bits per heavy atom. The molecule has 20 heavy (non-hydrogen) atoms. The van der Waals surface area contributed by atoms with Gasteiger partial charge in [-0.25, -0.2) is 4.39 Å². The molecule has 0 aliphatic carbocycles. The van der Waals surface area contributed by atoms with E-state index in [9.17, 15) is 9.18 Å². The van der Waals surface area contributed by atoms with E-state index >= 15 is 0 Å². The lowest BCUT2D eigenvalue weighted by molar-refractivity contribution is 0.102. The van der Waals surface area contributed by atoms with Crippen molar-refractivity contribution in [2.45, 2.75) is 0 Å². The highest BCUT2D eigenvalue weighted by Gasteiger charge is 2.12. The average molecular weight is 269 g/mol. The number of nitrogens with one attached hydrogen (secondary N) is 2. The van der Waals surface area contributed by atoms with E-state index in [2.05, 4.69) is 10.6 Å².